The number of rotatable bonds is 9. The molecule has 0 amide bonds. The largest absolute Gasteiger partial charge is 0.205 e. The van der Waals surface area contributed by atoms with Gasteiger partial charge in [-0.3, -0.25) is 0 Å². The third-order valence-electron chi connectivity index (χ3n) is 8.65. The highest BCUT2D eigenvalue weighted by atomic mass is 35.5. The summed E-state index contributed by atoms with van der Waals surface area (Å²) in [5.74, 6) is 3.33. The second-order valence-electron chi connectivity index (χ2n) is 10.9. The van der Waals surface area contributed by atoms with Crippen LogP contribution in [0.3, 0.4) is 0 Å². The standard InChI is InChI=1S/C31H42ClF/c1-2-3-4-5-23-6-8-24(9-7-23)10-11-25-12-14-26(15-13-25)27-16-18-28(19-17-27)29-20-21-30(32)31(33)22-29/h16-26H,2-15H2,1H3. The minimum absolute atomic E-state index is 0.183. The molecule has 0 nitrogen and oxygen atoms in total. The molecule has 0 heterocycles. The van der Waals surface area contributed by atoms with E-state index in [4.69, 9.17) is 11.6 Å². The average Bonchev–Trinajstić information content (AvgIpc) is 2.86. The van der Waals surface area contributed by atoms with E-state index in [0.29, 0.717) is 5.92 Å². The Morgan fingerprint density at radius 1 is 0.697 bits per heavy atom. The zero-order chi connectivity index (χ0) is 23.0. The summed E-state index contributed by atoms with van der Waals surface area (Å²) in [5.41, 5.74) is 3.40. The van der Waals surface area contributed by atoms with Gasteiger partial charge in [0.15, 0.2) is 0 Å². The Morgan fingerprint density at radius 2 is 1.24 bits per heavy atom. The van der Waals surface area contributed by atoms with Gasteiger partial charge in [0.1, 0.15) is 5.82 Å². The van der Waals surface area contributed by atoms with E-state index in [1.165, 1.54) is 102 Å². The van der Waals surface area contributed by atoms with Crippen molar-refractivity contribution in [1.29, 1.82) is 0 Å². The Kier molecular flexibility index (Phi) is 9.30. The first-order valence-corrected chi connectivity index (χ1v) is 14.1. The van der Waals surface area contributed by atoms with Gasteiger partial charge in [-0.15, -0.1) is 0 Å². The second kappa shape index (κ2) is 12.4. The molecule has 0 radical (unpaired) electrons. The molecule has 2 aliphatic carbocycles. The van der Waals surface area contributed by atoms with E-state index in [-0.39, 0.29) is 10.8 Å². The maximum Gasteiger partial charge on any atom is 0.142 e. The third kappa shape index (κ3) is 7.08. The van der Waals surface area contributed by atoms with Crippen LogP contribution in [0, 0.1) is 23.6 Å². The van der Waals surface area contributed by atoms with E-state index in [2.05, 4.69) is 31.2 Å². The average molecular weight is 469 g/mol. The Bertz CT molecular complexity index is 842. The highest BCUT2D eigenvalue weighted by molar-refractivity contribution is 6.30. The van der Waals surface area contributed by atoms with Crippen molar-refractivity contribution in [2.75, 3.05) is 0 Å². The van der Waals surface area contributed by atoms with E-state index in [1.807, 2.05) is 6.07 Å². The lowest BCUT2D eigenvalue weighted by atomic mass is 9.74. The molecule has 0 saturated heterocycles. The topological polar surface area (TPSA) is 0 Å². The lowest BCUT2D eigenvalue weighted by Gasteiger charge is -2.32. The maximum atomic E-state index is 13.8. The molecular weight excluding hydrogens is 427 g/mol. The molecule has 0 aromatic heterocycles. The van der Waals surface area contributed by atoms with Gasteiger partial charge in [0.2, 0.25) is 0 Å². The van der Waals surface area contributed by atoms with Crippen LogP contribution in [0.5, 0.6) is 0 Å². The molecule has 0 aliphatic heterocycles. The summed E-state index contributed by atoms with van der Waals surface area (Å²) in [4.78, 5) is 0. The van der Waals surface area contributed by atoms with Gasteiger partial charge < -0.3 is 0 Å². The molecule has 0 unspecified atom stereocenters. The predicted octanol–water partition coefficient (Wildman–Crippen LogP) is 10.6. The van der Waals surface area contributed by atoms with Crippen molar-refractivity contribution in [3.8, 4) is 11.1 Å². The second-order valence-corrected chi connectivity index (χ2v) is 11.3. The summed E-state index contributed by atoms with van der Waals surface area (Å²) in [6.07, 6.45) is 20.1. The maximum absolute atomic E-state index is 13.8. The monoisotopic (exact) mass is 468 g/mol. The van der Waals surface area contributed by atoms with Gasteiger partial charge in [-0.1, -0.05) is 113 Å². The molecule has 4 rings (SSSR count). The van der Waals surface area contributed by atoms with Gasteiger partial charge in [-0.25, -0.2) is 4.39 Å². The van der Waals surface area contributed by atoms with Gasteiger partial charge in [-0.05, 0) is 78.2 Å². The third-order valence-corrected chi connectivity index (χ3v) is 8.95. The molecule has 0 atom stereocenters. The smallest absolute Gasteiger partial charge is 0.142 e. The molecule has 0 N–H and O–H groups in total. The predicted molar refractivity (Wildman–Crippen MR) is 140 cm³/mol. The molecule has 2 heteroatoms. The van der Waals surface area contributed by atoms with Crippen LogP contribution in [0.25, 0.3) is 11.1 Å². The SMILES string of the molecule is CCCCCC1CCC(CCC2CCC(c3ccc(-c4ccc(Cl)c(F)c4)cc3)CC2)CC1. The van der Waals surface area contributed by atoms with E-state index in [0.717, 1.165) is 28.9 Å². The molecule has 2 saturated carbocycles. The summed E-state index contributed by atoms with van der Waals surface area (Å²) in [6.45, 7) is 2.31. The van der Waals surface area contributed by atoms with Gasteiger partial charge in [0, 0.05) is 0 Å². The van der Waals surface area contributed by atoms with Gasteiger partial charge in [-0.2, -0.15) is 0 Å². The molecule has 2 fully saturated rings. The molecule has 0 spiro atoms. The minimum atomic E-state index is -0.350. The molecule has 2 aromatic rings. The van der Waals surface area contributed by atoms with Crippen LogP contribution in [-0.2, 0) is 0 Å². The molecule has 180 valence electrons. The van der Waals surface area contributed by atoms with Crippen molar-refractivity contribution in [3.05, 3.63) is 58.9 Å². The van der Waals surface area contributed by atoms with Crippen LogP contribution >= 0.6 is 11.6 Å². The van der Waals surface area contributed by atoms with E-state index in [1.54, 1.807) is 6.07 Å². The molecular formula is C31H42ClF. The summed E-state index contributed by atoms with van der Waals surface area (Å²) < 4.78 is 13.8. The first-order valence-electron chi connectivity index (χ1n) is 13.7. The number of benzene rings is 2. The van der Waals surface area contributed by atoms with E-state index < -0.39 is 0 Å². The summed E-state index contributed by atoms with van der Waals surface area (Å²) in [5, 5.41) is 0.183. The fraction of sp³-hybridized carbons (Fsp3) is 0.613. The zero-order valence-corrected chi connectivity index (χ0v) is 21.3. The Morgan fingerprint density at radius 3 is 1.82 bits per heavy atom. The first-order chi connectivity index (χ1) is 16.1. The first kappa shape index (κ1) is 24.8. The number of unbranched alkanes of at least 4 members (excludes halogenated alkanes) is 2. The molecule has 33 heavy (non-hydrogen) atoms. The lowest BCUT2D eigenvalue weighted by molar-refractivity contribution is 0.222. The normalized spacial score (nSPS) is 25.8. The van der Waals surface area contributed by atoms with Crippen LogP contribution in [0.15, 0.2) is 42.5 Å². The Balaban J connectivity index is 1.18. The Hall–Kier alpha value is -1.34. The van der Waals surface area contributed by atoms with Gasteiger partial charge in [0.25, 0.3) is 0 Å². The molecule has 2 aromatic carbocycles. The summed E-state index contributed by atoms with van der Waals surface area (Å²) >= 11 is 5.82. The number of hydrogen-bond donors (Lipinski definition) is 0. The van der Waals surface area contributed by atoms with E-state index in [9.17, 15) is 4.39 Å². The Labute approximate surface area is 206 Å². The number of halogens is 2. The van der Waals surface area contributed by atoms with Crippen LogP contribution in [0.1, 0.15) is 108 Å². The lowest BCUT2D eigenvalue weighted by Crippen LogP contribution is -2.17. The van der Waals surface area contributed by atoms with Crippen molar-refractivity contribution in [3.63, 3.8) is 0 Å². The van der Waals surface area contributed by atoms with Crippen LogP contribution in [0.4, 0.5) is 4.39 Å². The fourth-order valence-electron chi connectivity index (χ4n) is 6.37. The summed E-state index contributed by atoms with van der Waals surface area (Å²) in [7, 11) is 0. The highest BCUT2D eigenvalue weighted by Gasteiger charge is 2.25. The van der Waals surface area contributed by atoms with Crippen molar-refractivity contribution >= 4 is 11.6 Å². The van der Waals surface area contributed by atoms with Crippen molar-refractivity contribution in [1.82, 2.24) is 0 Å². The van der Waals surface area contributed by atoms with Crippen molar-refractivity contribution in [2.24, 2.45) is 17.8 Å². The van der Waals surface area contributed by atoms with E-state index >= 15 is 0 Å². The highest BCUT2D eigenvalue weighted by Crippen LogP contribution is 2.40. The number of hydrogen-bond acceptors (Lipinski definition) is 0. The van der Waals surface area contributed by atoms with Gasteiger partial charge >= 0.3 is 0 Å². The van der Waals surface area contributed by atoms with Crippen LogP contribution < -0.4 is 0 Å². The minimum Gasteiger partial charge on any atom is -0.205 e. The molecule has 2 aliphatic rings. The van der Waals surface area contributed by atoms with Crippen molar-refractivity contribution in [2.45, 2.75) is 103 Å². The van der Waals surface area contributed by atoms with Crippen LogP contribution in [0.2, 0.25) is 5.02 Å². The fourth-order valence-corrected chi connectivity index (χ4v) is 6.49. The van der Waals surface area contributed by atoms with Crippen LogP contribution in [-0.4, -0.2) is 0 Å². The van der Waals surface area contributed by atoms with Crippen molar-refractivity contribution < 1.29 is 4.39 Å². The van der Waals surface area contributed by atoms with Gasteiger partial charge in [0.05, 0.1) is 5.02 Å². The molecule has 0 bridgehead atoms. The quantitative estimate of drug-likeness (QED) is 0.321. The summed E-state index contributed by atoms with van der Waals surface area (Å²) in [6, 6.07) is 13.9. The zero-order valence-electron chi connectivity index (χ0n) is 20.5.